The first-order chi connectivity index (χ1) is 16.6. The monoisotopic (exact) mass is 495 g/mol. The predicted octanol–water partition coefficient (Wildman–Crippen LogP) is 3.02. The van der Waals surface area contributed by atoms with E-state index in [1.54, 1.807) is 17.2 Å². The summed E-state index contributed by atoms with van der Waals surface area (Å²) in [5.41, 5.74) is 2.33. The average Bonchev–Trinajstić information content (AvgIpc) is 3.15. The van der Waals surface area contributed by atoms with Crippen molar-refractivity contribution in [1.29, 1.82) is 0 Å². The van der Waals surface area contributed by atoms with Crippen molar-refractivity contribution in [2.75, 3.05) is 36.4 Å². The number of piperazine rings is 1. The van der Waals surface area contributed by atoms with Crippen molar-refractivity contribution in [3.05, 3.63) is 53.7 Å². The summed E-state index contributed by atoms with van der Waals surface area (Å²) in [6.45, 7) is 8.56. The van der Waals surface area contributed by atoms with Crippen LogP contribution in [0.25, 0.3) is 0 Å². The highest BCUT2D eigenvalue weighted by Gasteiger charge is 2.35. The molecule has 1 aromatic heterocycles. The molecule has 2 aliphatic rings. The lowest BCUT2D eigenvalue weighted by atomic mass is 9.87. The Balaban J connectivity index is 1.30. The van der Waals surface area contributed by atoms with Crippen molar-refractivity contribution in [3.63, 3.8) is 0 Å². The zero-order valence-corrected chi connectivity index (χ0v) is 20.9. The predicted molar refractivity (Wildman–Crippen MR) is 136 cm³/mol. The van der Waals surface area contributed by atoms with Gasteiger partial charge in [0.25, 0.3) is 11.1 Å². The smallest absolute Gasteiger partial charge is 0.286 e. The van der Waals surface area contributed by atoms with Crippen molar-refractivity contribution >= 4 is 46.2 Å². The minimum Gasteiger partial charge on any atom is -0.353 e. The number of hydrogen-bond donors (Lipinski definition) is 2. The fourth-order valence-corrected chi connectivity index (χ4v) is 4.78. The van der Waals surface area contributed by atoms with Gasteiger partial charge in [-0.2, -0.15) is 0 Å². The number of imide groups is 1. The molecular weight excluding hydrogens is 466 g/mol. The van der Waals surface area contributed by atoms with E-state index < -0.39 is 16.4 Å². The summed E-state index contributed by atoms with van der Waals surface area (Å²) in [5.74, 6) is -0.0257. The van der Waals surface area contributed by atoms with Gasteiger partial charge in [0.05, 0.1) is 5.56 Å². The van der Waals surface area contributed by atoms with E-state index in [2.05, 4.69) is 41.3 Å². The molecular formula is C25H29N5O4S. The van der Waals surface area contributed by atoms with Gasteiger partial charge in [-0.3, -0.25) is 24.5 Å². The van der Waals surface area contributed by atoms with E-state index in [1.165, 1.54) is 0 Å². The van der Waals surface area contributed by atoms with E-state index in [4.69, 9.17) is 0 Å². The summed E-state index contributed by atoms with van der Waals surface area (Å²) in [6, 6.07) is 11.4. The molecule has 3 heterocycles. The number of rotatable bonds is 5. The lowest BCUT2D eigenvalue weighted by Crippen LogP contribution is -2.49. The number of pyridine rings is 1. The number of amides is 4. The van der Waals surface area contributed by atoms with Crippen LogP contribution in [-0.4, -0.2) is 64.3 Å². The van der Waals surface area contributed by atoms with Crippen molar-refractivity contribution in [3.8, 4) is 0 Å². The molecule has 0 spiro atoms. The Bertz CT molecular complexity index is 1140. The molecule has 0 radical (unpaired) electrons. The van der Waals surface area contributed by atoms with Gasteiger partial charge in [0.2, 0.25) is 11.8 Å². The highest BCUT2D eigenvalue weighted by molar-refractivity contribution is 8.15. The number of anilines is 2. The molecule has 184 valence electrons. The first kappa shape index (κ1) is 24.7. The first-order valence-corrected chi connectivity index (χ1v) is 12.4. The van der Waals surface area contributed by atoms with Gasteiger partial charge >= 0.3 is 0 Å². The average molecular weight is 496 g/mol. The fourth-order valence-electron chi connectivity index (χ4n) is 3.97. The largest absolute Gasteiger partial charge is 0.353 e. The minimum atomic E-state index is -0.649. The normalized spacial score (nSPS) is 18.4. The second-order valence-electron chi connectivity index (χ2n) is 9.65. The van der Waals surface area contributed by atoms with Crippen LogP contribution in [0.3, 0.4) is 0 Å². The number of nitrogens with zero attached hydrogens (tertiary/aromatic N) is 3. The summed E-state index contributed by atoms with van der Waals surface area (Å²) < 4.78 is 0. The number of carbonyl (C=O) groups excluding carboxylic acids is 4. The van der Waals surface area contributed by atoms with E-state index in [9.17, 15) is 19.2 Å². The van der Waals surface area contributed by atoms with Gasteiger partial charge in [-0.1, -0.05) is 44.7 Å². The maximum Gasteiger partial charge on any atom is 0.286 e. The number of thioether (sulfide) groups is 1. The second-order valence-corrected chi connectivity index (χ2v) is 10.8. The molecule has 0 bridgehead atoms. The Morgan fingerprint density at radius 2 is 1.86 bits per heavy atom. The van der Waals surface area contributed by atoms with Crippen molar-refractivity contribution < 1.29 is 19.2 Å². The summed E-state index contributed by atoms with van der Waals surface area (Å²) in [7, 11) is 0. The van der Waals surface area contributed by atoms with Crippen molar-refractivity contribution in [2.45, 2.75) is 37.9 Å². The van der Waals surface area contributed by atoms with Crippen LogP contribution in [-0.2, 0) is 15.0 Å². The lowest BCUT2D eigenvalue weighted by Gasteiger charge is -2.35. The molecule has 4 amide bonds. The number of hydrogen-bond acceptors (Lipinski definition) is 7. The Kier molecular flexibility index (Phi) is 7.11. The lowest BCUT2D eigenvalue weighted by molar-refractivity contribution is -0.133. The second kappa shape index (κ2) is 10.1. The van der Waals surface area contributed by atoms with Crippen molar-refractivity contribution in [2.24, 2.45) is 0 Å². The van der Waals surface area contributed by atoms with Gasteiger partial charge in [-0.05, 0) is 35.2 Å². The van der Waals surface area contributed by atoms with Crippen LogP contribution >= 0.6 is 11.8 Å². The molecule has 1 unspecified atom stereocenters. The van der Waals surface area contributed by atoms with Crippen LogP contribution in [0.4, 0.5) is 16.3 Å². The molecule has 35 heavy (non-hydrogen) atoms. The topological polar surface area (TPSA) is 112 Å². The highest BCUT2D eigenvalue weighted by Crippen LogP contribution is 2.25. The van der Waals surface area contributed by atoms with Gasteiger partial charge in [0.15, 0.2) is 0 Å². The Hall–Kier alpha value is -3.40. The highest BCUT2D eigenvalue weighted by atomic mass is 32.2. The zero-order valence-electron chi connectivity index (χ0n) is 20.0. The van der Waals surface area contributed by atoms with Gasteiger partial charge in [0.1, 0.15) is 11.1 Å². The van der Waals surface area contributed by atoms with E-state index in [0.29, 0.717) is 31.7 Å². The molecule has 9 nitrogen and oxygen atoms in total. The number of carbonyl (C=O) groups is 4. The third kappa shape index (κ3) is 6.00. The van der Waals surface area contributed by atoms with E-state index in [-0.39, 0.29) is 23.7 Å². The van der Waals surface area contributed by atoms with E-state index in [0.717, 1.165) is 28.8 Å². The molecule has 2 N–H and O–H groups in total. The maximum atomic E-state index is 12.7. The van der Waals surface area contributed by atoms with Crippen LogP contribution in [0.1, 0.15) is 43.1 Å². The van der Waals surface area contributed by atoms with Gasteiger partial charge in [-0.15, -0.1) is 0 Å². The number of benzene rings is 1. The quantitative estimate of drug-likeness (QED) is 0.656. The van der Waals surface area contributed by atoms with E-state index in [1.807, 2.05) is 30.3 Å². The van der Waals surface area contributed by atoms with Gasteiger partial charge in [0, 0.05) is 44.5 Å². The van der Waals surface area contributed by atoms with Gasteiger partial charge < -0.3 is 15.1 Å². The third-order valence-electron chi connectivity index (χ3n) is 6.08. The molecule has 2 saturated heterocycles. The standard InChI is InChI=1S/C25H29N5O4S/c1-25(2,3)17-5-4-6-18(13-17)27-22(32)16-7-8-20(26-15-16)29-9-11-30(12-10-29)21(31)14-19-23(33)28-24(34)35-19/h4-8,13,15,19H,9-12,14H2,1-3H3,(H,27,32)(H,28,33,34). The summed E-state index contributed by atoms with van der Waals surface area (Å²) in [4.78, 5) is 56.5. The van der Waals surface area contributed by atoms with E-state index >= 15 is 0 Å². The molecule has 0 aliphatic carbocycles. The molecule has 2 aromatic rings. The Labute approximate surface area is 208 Å². The molecule has 4 rings (SSSR count). The van der Waals surface area contributed by atoms with Crippen LogP contribution < -0.4 is 15.5 Å². The summed E-state index contributed by atoms with van der Waals surface area (Å²) in [5, 5.41) is 4.09. The van der Waals surface area contributed by atoms with Crippen LogP contribution in [0.2, 0.25) is 0 Å². The van der Waals surface area contributed by atoms with Crippen LogP contribution in [0.5, 0.6) is 0 Å². The molecule has 1 aromatic carbocycles. The van der Waals surface area contributed by atoms with Crippen LogP contribution in [0, 0.1) is 0 Å². The Morgan fingerprint density at radius 1 is 1.11 bits per heavy atom. The maximum absolute atomic E-state index is 12.7. The van der Waals surface area contributed by atoms with Crippen molar-refractivity contribution in [1.82, 2.24) is 15.2 Å². The SMILES string of the molecule is CC(C)(C)c1cccc(NC(=O)c2ccc(N3CCN(C(=O)CC4SC(=O)NC4=O)CC3)nc2)c1. The molecule has 2 aliphatic heterocycles. The number of aromatic nitrogens is 1. The zero-order chi connectivity index (χ0) is 25.2. The molecule has 1 atom stereocenters. The third-order valence-corrected chi connectivity index (χ3v) is 7.06. The molecule has 0 saturated carbocycles. The summed E-state index contributed by atoms with van der Waals surface area (Å²) >= 11 is 0.869. The summed E-state index contributed by atoms with van der Waals surface area (Å²) in [6.07, 6.45) is 1.58. The Morgan fingerprint density at radius 3 is 2.46 bits per heavy atom. The molecule has 10 heteroatoms. The van der Waals surface area contributed by atoms with Crippen LogP contribution in [0.15, 0.2) is 42.6 Å². The fraction of sp³-hybridized carbons (Fsp3) is 0.400. The number of nitrogens with one attached hydrogen (secondary N) is 2. The molecule has 2 fully saturated rings. The van der Waals surface area contributed by atoms with Gasteiger partial charge in [-0.25, -0.2) is 4.98 Å². The first-order valence-electron chi connectivity index (χ1n) is 11.5. The minimum absolute atomic E-state index is 0.0122.